The Kier molecular flexibility index (Phi) is 7.70. The fourth-order valence-corrected chi connectivity index (χ4v) is 6.71. The van der Waals surface area contributed by atoms with Gasteiger partial charge in [0.2, 0.25) is 36.5 Å². The molecule has 38 heavy (non-hydrogen) atoms. The van der Waals surface area contributed by atoms with E-state index < -0.39 is 41.5 Å². The summed E-state index contributed by atoms with van der Waals surface area (Å²) in [5.41, 5.74) is 1.97. The molecule has 1 amide bonds. The van der Waals surface area contributed by atoms with Gasteiger partial charge in [-0.25, -0.2) is 16.8 Å². The number of sulfone groups is 2. The maximum Gasteiger partial charge on any atom is 0.258 e. The van der Waals surface area contributed by atoms with Crippen molar-refractivity contribution in [3.8, 4) is 17.2 Å². The van der Waals surface area contributed by atoms with Crippen molar-refractivity contribution >= 4 is 25.6 Å². The number of hydrogen-bond donors (Lipinski definition) is 0. The van der Waals surface area contributed by atoms with Crippen molar-refractivity contribution in [3.05, 3.63) is 90.0 Å². The number of nitrogens with zero attached hydrogens (tertiary/aromatic N) is 2. The second-order valence-corrected chi connectivity index (χ2v) is 12.4. The van der Waals surface area contributed by atoms with Crippen LogP contribution in [-0.2, 0) is 31.0 Å². The summed E-state index contributed by atoms with van der Waals surface area (Å²) in [4.78, 5) is 18.1. The minimum Gasteiger partial charge on any atom is -0.497 e. The Bertz CT molecular complexity index is 1640. The van der Waals surface area contributed by atoms with Crippen LogP contribution in [0, 0.1) is 6.92 Å². The third-order valence-corrected chi connectivity index (χ3v) is 9.05. The number of carbonyl (C=O) groups excluding carboxylic acids is 1. The average Bonchev–Trinajstić information content (AvgIpc) is 3.37. The number of carbonyl (C=O) groups is 1. The van der Waals surface area contributed by atoms with Crippen LogP contribution in [0.4, 0.5) is 0 Å². The molecule has 0 spiro atoms. The van der Waals surface area contributed by atoms with Crippen LogP contribution >= 0.6 is 0 Å². The van der Waals surface area contributed by atoms with E-state index in [9.17, 15) is 21.6 Å². The van der Waals surface area contributed by atoms with Crippen LogP contribution in [0.1, 0.15) is 11.1 Å². The lowest BCUT2D eigenvalue weighted by Gasteiger charge is -2.17. The Hall–Kier alpha value is -3.96. The average molecular weight is 555 g/mol. The van der Waals surface area contributed by atoms with Crippen LogP contribution in [0.2, 0.25) is 0 Å². The van der Waals surface area contributed by atoms with E-state index in [0.29, 0.717) is 11.3 Å². The molecule has 198 valence electrons. The van der Waals surface area contributed by atoms with Crippen LogP contribution in [0.3, 0.4) is 0 Å². The largest absolute Gasteiger partial charge is 0.497 e. The summed E-state index contributed by atoms with van der Waals surface area (Å²) in [6.45, 7) is 1.97. The molecule has 0 radical (unpaired) electrons. The smallest absolute Gasteiger partial charge is 0.258 e. The van der Waals surface area contributed by atoms with Gasteiger partial charge in [-0.2, -0.15) is 4.98 Å². The standard InChI is InChI=1S/C27H26N2O7S2/c1-19-9-15-23(16-10-19)38(33,34)26-27(36-25(28-26)21-11-13-22(35-3)14-12-21)37(31,32)18-24(30)29(2)17-20-7-5-4-6-8-20/h4-16H,17-18H2,1-3H3. The summed E-state index contributed by atoms with van der Waals surface area (Å²) in [5, 5.41) is -1.66. The van der Waals surface area contributed by atoms with E-state index in [-0.39, 0.29) is 17.3 Å². The van der Waals surface area contributed by atoms with Gasteiger partial charge in [0.15, 0.2) is 0 Å². The van der Waals surface area contributed by atoms with Crippen molar-refractivity contribution in [1.82, 2.24) is 9.88 Å². The fraction of sp³-hybridized carbons (Fsp3) is 0.185. The maximum absolute atomic E-state index is 13.5. The zero-order valence-electron chi connectivity index (χ0n) is 21.0. The second kappa shape index (κ2) is 10.8. The molecule has 0 fully saturated rings. The van der Waals surface area contributed by atoms with E-state index in [1.807, 2.05) is 30.3 Å². The summed E-state index contributed by atoms with van der Waals surface area (Å²) >= 11 is 0. The Labute approximate surface area is 221 Å². The van der Waals surface area contributed by atoms with Crippen LogP contribution < -0.4 is 4.74 Å². The summed E-state index contributed by atoms with van der Waals surface area (Å²) in [6, 6.07) is 21.3. The van der Waals surface area contributed by atoms with Gasteiger partial charge >= 0.3 is 0 Å². The number of ether oxygens (including phenoxy) is 1. The van der Waals surface area contributed by atoms with Gasteiger partial charge in [0, 0.05) is 19.2 Å². The molecule has 0 bridgehead atoms. The molecule has 9 nitrogen and oxygen atoms in total. The van der Waals surface area contributed by atoms with Gasteiger partial charge in [0.05, 0.1) is 12.0 Å². The molecule has 0 unspecified atom stereocenters. The Morgan fingerprint density at radius 1 is 0.921 bits per heavy atom. The van der Waals surface area contributed by atoms with Gasteiger partial charge < -0.3 is 14.1 Å². The number of aryl methyl sites for hydroxylation is 1. The molecule has 11 heteroatoms. The Morgan fingerprint density at radius 3 is 2.16 bits per heavy atom. The molecule has 0 aliphatic rings. The van der Waals surface area contributed by atoms with Crippen molar-refractivity contribution in [2.75, 3.05) is 19.9 Å². The maximum atomic E-state index is 13.5. The molecule has 0 aliphatic carbocycles. The summed E-state index contributed by atoms with van der Waals surface area (Å²) in [6.07, 6.45) is 0. The molecule has 0 saturated carbocycles. The van der Waals surface area contributed by atoms with E-state index in [2.05, 4.69) is 4.98 Å². The van der Waals surface area contributed by atoms with Crippen molar-refractivity contribution in [2.24, 2.45) is 0 Å². The number of rotatable bonds is 9. The summed E-state index contributed by atoms with van der Waals surface area (Å²) in [5.74, 6) is -1.41. The number of aromatic nitrogens is 1. The number of methoxy groups -OCH3 is 1. The molecular weight excluding hydrogens is 528 g/mol. The minimum atomic E-state index is -4.55. The topological polar surface area (TPSA) is 124 Å². The molecule has 1 aromatic heterocycles. The van der Waals surface area contributed by atoms with Crippen molar-refractivity contribution < 1.29 is 30.8 Å². The first-order valence-corrected chi connectivity index (χ1v) is 14.6. The molecule has 0 N–H and O–H groups in total. The molecule has 1 heterocycles. The number of amides is 1. The zero-order valence-corrected chi connectivity index (χ0v) is 22.6. The van der Waals surface area contributed by atoms with E-state index in [4.69, 9.17) is 9.15 Å². The summed E-state index contributed by atoms with van der Waals surface area (Å²) < 4.78 is 64.6. The highest BCUT2D eigenvalue weighted by Crippen LogP contribution is 2.33. The van der Waals surface area contributed by atoms with Gasteiger partial charge in [-0.1, -0.05) is 48.0 Å². The van der Waals surface area contributed by atoms with E-state index in [1.165, 1.54) is 31.2 Å². The molecule has 0 atom stereocenters. The van der Waals surface area contributed by atoms with Crippen molar-refractivity contribution in [3.63, 3.8) is 0 Å². The first-order valence-electron chi connectivity index (χ1n) is 11.5. The lowest BCUT2D eigenvalue weighted by atomic mass is 10.2. The first-order chi connectivity index (χ1) is 18.0. The number of benzene rings is 3. The predicted octanol–water partition coefficient (Wildman–Crippen LogP) is 3.92. The minimum absolute atomic E-state index is 0.151. The highest BCUT2D eigenvalue weighted by molar-refractivity contribution is 7.94. The molecule has 3 aromatic carbocycles. The second-order valence-electron chi connectivity index (χ2n) is 8.65. The van der Waals surface area contributed by atoms with Gasteiger partial charge in [-0.3, -0.25) is 4.79 Å². The molecule has 0 saturated heterocycles. The van der Waals surface area contributed by atoms with Crippen molar-refractivity contribution in [2.45, 2.75) is 28.5 Å². The quantitative estimate of drug-likeness (QED) is 0.305. The number of hydrogen-bond acceptors (Lipinski definition) is 8. The van der Waals surface area contributed by atoms with Gasteiger partial charge in [0.1, 0.15) is 11.5 Å². The number of oxazole rings is 1. The Morgan fingerprint density at radius 2 is 1.55 bits per heavy atom. The molecular formula is C27H26N2O7S2. The van der Waals surface area contributed by atoms with Gasteiger partial charge in [0.25, 0.3) is 5.09 Å². The predicted molar refractivity (Wildman–Crippen MR) is 140 cm³/mol. The lowest BCUT2D eigenvalue weighted by Crippen LogP contribution is -2.32. The molecule has 0 aliphatic heterocycles. The summed E-state index contributed by atoms with van der Waals surface area (Å²) in [7, 11) is -6.00. The lowest BCUT2D eigenvalue weighted by molar-refractivity contribution is -0.127. The highest BCUT2D eigenvalue weighted by Gasteiger charge is 2.37. The van der Waals surface area contributed by atoms with Crippen LogP contribution in [0.15, 0.2) is 98.3 Å². The van der Waals surface area contributed by atoms with Gasteiger partial charge in [-0.15, -0.1) is 0 Å². The first kappa shape index (κ1) is 27.1. The zero-order chi connectivity index (χ0) is 27.5. The third-order valence-electron chi connectivity index (χ3n) is 5.77. The SMILES string of the molecule is COc1ccc(-c2nc(S(=O)(=O)c3ccc(C)cc3)c(S(=O)(=O)CC(=O)N(C)Cc3ccccc3)o2)cc1. The van der Waals surface area contributed by atoms with Crippen molar-refractivity contribution in [1.29, 1.82) is 0 Å². The van der Waals surface area contributed by atoms with Crippen LogP contribution in [-0.4, -0.2) is 52.5 Å². The Balaban J connectivity index is 1.75. The van der Waals surface area contributed by atoms with Crippen LogP contribution in [0.25, 0.3) is 11.5 Å². The molecule has 4 rings (SSSR count). The van der Waals surface area contributed by atoms with Crippen LogP contribution in [0.5, 0.6) is 5.75 Å². The molecule has 4 aromatic rings. The van der Waals surface area contributed by atoms with E-state index >= 15 is 0 Å². The highest BCUT2D eigenvalue weighted by atomic mass is 32.2. The third kappa shape index (κ3) is 5.79. The van der Waals surface area contributed by atoms with E-state index in [1.54, 1.807) is 43.3 Å². The fourth-order valence-electron chi connectivity index (χ4n) is 3.63. The van der Waals surface area contributed by atoms with E-state index in [0.717, 1.165) is 11.1 Å². The monoisotopic (exact) mass is 554 g/mol. The van der Waals surface area contributed by atoms with Gasteiger partial charge in [-0.05, 0) is 48.9 Å². The normalized spacial score (nSPS) is 11.8.